The molecule has 6 heteroatoms. The summed E-state index contributed by atoms with van der Waals surface area (Å²) in [6.07, 6.45) is 9.73. The maximum atomic E-state index is 13.1. The molecule has 6 rings (SSSR count). The van der Waals surface area contributed by atoms with Gasteiger partial charge in [0.05, 0.1) is 24.2 Å². The first-order valence-electron chi connectivity index (χ1n) is 13.4. The molecule has 1 saturated heterocycles. The van der Waals surface area contributed by atoms with E-state index in [9.17, 15) is 8.42 Å². The van der Waals surface area contributed by atoms with Gasteiger partial charge in [-0.15, -0.1) is 0 Å². The lowest BCUT2D eigenvalue weighted by Crippen LogP contribution is -2.57. The molecule has 1 spiro atoms. The molecule has 0 aromatic heterocycles. The molecule has 0 unspecified atom stereocenters. The molecule has 7 atom stereocenters. The number of hydrogen-bond donors (Lipinski definition) is 0. The van der Waals surface area contributed by atoms with Crippen LogP contribution < -0.4 is 0 Å². The molecular formula is C28H40O5S. The molecule has 0 amide bonds. The second kappa shape index (κ2) is 8.03. The number of fused-ring (bicyclic) bond motifs is 5. The van der Waals surface area contributed by atoms with Crippen molar-refractivity contribution in [3.8, 4) is 0 Å². The lowest BCUT2D eigenvalue weighted by atomic mass is 9.44. The first kappa shape index (κ1) is 23.4. The van der Waals surface area contributed by atoms with Gasteiger partial charge in [0.2, 0.25) is 0 Å². The highest BCUT2D eigenvalue weighted by atomic mass is 32.2. The van der Waals surface area contributed by atoms with Crippen LogP contribution in [0.5, 0.6) is 0 Å². The molecule has 0 bridgehead atoms. The van der Waals surface area contributed by atoms with Crippen LogP contribution in [0.3, 0.4) is 0 Å². The van der Waals surface area contributed by atoms with Crippen LogP contribution in [0.1, 0.15) is 77.2 Å². The number of benzene rings is 1. The van der Waals surface area contributed by atoms with Crippen LogP contribution in [0.25, 0.3) is 0 Å². The van der Waals surface area contributed by atoms with Crippen LogP contribution in [0, 0.1) is 41.4 Å². The Morgan fingerprint density at radius 1 is 0.853 bits per heavy atom. The number of hydrogen-bond acceptors (Lipinski definition) is 5. The van der Waals surface area contributed by atoms with Crippen molar-refractivity contribution in [1.29, 1.82) is 0 Å². The second-order valence-electron chi connectivity index (χ2n) is 12.5. The van der Waals surface area contributed by atoms with Gasteiger partial charge >= 0.3 is 0 Å². The van der Waals surface area contributed by atoms with Crippen molar-refractivity contribution in [3.63, 3.8) is 0 Å². The van der Waals surface area contributed by atoms with E-state index in [1.807, 2.05) is 19.1 Å². The lowest BCUT2D eigenvalue weighted by Gasteiger charge is -2.62. The molecule has 5 nitrogen and oxygen atoms in total. The van der Waals surface area contributed by atoms with Gasteiger partial charge in [0.25, 0.3) is 10.1 Å². The maximum absolute atomic E-state index is 13.1. The normalized spacial score (nSPS) is 43.3. The predicted octanol–water partition coefficient (Wildman–Crippen LogP) is 5.85. The topological polar surface area (TPSA) is 61.8 Å². The molecule has 1 aromatic carbocycles. The molecule has 1 aliphatic heterocycles. The Labute approximate surface area is 205 Å². The van der Waals surface area contributed by atoms with E-state index in [1.165, 1.54) is 19.3 Å². The van der Waals surface area contributed by atoms with Crippen molar-refractivity contribution in [2.75, 3.05) is 13.2 Å². The Morgan fingerprint density at radius 3 is 2.29 bits per heavy atom. The summed E-state index contributed by atoms with van der Waals surface area (Å²) < 4.78 is 44.7. The number of aryl methyl sites for hydroxylation is 1. The summed E-state index contributed by atoms with van der Waals surface area (Å²) in [7, 11) is -3.76. The van der Waals surface area contributed by atoms with Crippen molar-refractivity contribution in [3.05, 3.63) is 29.8 Å². The van der Waals surface area contributed by atoms with E-state index in [-0.39, 0.29) is 27.6 Å². The summed E-state index contributed by atoms with van der Waals surface area (Å²) in [6.45, 7) is 8.25. The van der Waals surface area contributed by atoms with Crippen LogP contribution >= 0.6 is 0 Å². The average molecular weight is 489 g/mol. The van der Waals surface area contributed by atoms with E-state index < -0.39 is 10.1 Å². The summed E-state index contributed by atoms with van der Waals surface area (Å²) in [5, 5.41) is 0. The fourth-order valence-corrected chi connectivity index (χ4v) is 10.3. The molecule has 5 aliphatic rings. The van der Waals surface area contributed by atoms with Crippen molar-refractivity contribution < 1.29 is 22.1 Å². The Hall–Kier alpha value is -0.950. The van der Waals surface area contributed by atoms with Gasteiger partial charge in [-0.05, 0) is 98.5 Å². The zero-order valence-electron chi connectivity index (χ0n) is 20.9. The van der Waals surface area contributed by atoms with Gasteiger partial charge in [-0.25, -0.2) is 0 Å². The van der Waals surface area contributed by atoms with Crippen LogP contribution in [0.4, 0.5) is 0 Å². The van der Waals surface area contributed by atoms with Gasteiger partial charge in [0.15, 0.2) is 5.79 Å². The first-order valence-corrected chi connectivity index (χ1v) is 14.8. The SMILES string of the molecule is Cc1ccc(S(=O)(=O)O[C@@H]2CC[C@@H]3[C@@H]4CC[C@H]5CCC6(C[C@]5(C)[C@H]4CC[C@]32C)OCCO6)cc1. The quantitative estimate of drug-likeness (QED) is 0.499. The first-order chi connectivity index (χ1) is 16.2. The van der Waals surface area contributed by atoms with E-state index >= 15 is 0 Å². The summed E-state index contributed by atoms with van der Waals surface area (Å²) in [4.78, 5) is 0.274. The zero-order chi connectivity index (χ0) is 23.8. The summed E-state index contributed by atoms with van der Waals surface area (Å²) >= 11 is 0. The van der Waals surface area contributed by atoms with Crippen molar-refractivity contribution in [2.45, 2.75) is 95.3 Å². The van der Waals surface area contributed by atoms with Gasteiger partial charge in [0.1, 0.15) is 0 Å². The fourth-order valence-electron chi connectivity index (χ4n) is 9.11. The van der Waals surface area contributed by atoms with E-state index in [0.717, 1.165) is 63.2 Å². The number of ether oxygens (including phenoxy) is 2. The van der Waals surface area contributed by atoms with Gasteiger partial charge in [-0.3, -0.25) is 4.18 Å². The highest BCUT2D eigenvalue weighted by Gasteiger charge is 2.63. The predicted molar refractivity (Wildman–Crippen MR) is 130 cm³/mol. The maximum Gasteiger partial charge on any atom is 0.297 e. The smallest absolute Gasteiger partial charge is 0.297 e. The highest BCUT2D eigenvalue weighted by Crippen LogP contribution is 2.68. The minimum absolute atomic E-state index is 0.0746. The minimum Gasteiger partial charge on any atom is -0.348 e. The molecule has 4 aliphatic carbocycles. The minimum atomic E-state index is -3.76. The second-order valence-corrected chi connectivity index (χ2v) is 14.0. The molecule has 0 radical (unpaired) electrons. The Balaban J connectivity index is 1.23. The summed E-state index contributed by atoms with van der Waals surface area (Å²) in [6, 6.07) is 7.03. The molecule has 0 N–H and O–H groups in total. The molecule has 1 heterocycles. The van der Waals surface area contributed by atoms with Crippen molar-refractivity contribution in [2.24, 2.45) is 34.5 Å². The van der Waals surface area contributed by atoms with E-state index in [2.05, 4.69) is 13.8 Å². The zero-order valence-corrected chi connectivity index (χ0v) is 21.7. The molecule has 1 aromatic rings. The average Bonchev–Trinajstić information content (AvgIpc) is 3.37. The largest absolute Gasteiger partial charge is 0.348 e. The van der Waals surface area contributed by atoms with Gasteiger partial charge < -0.3 is 9.47 Å². The van der Waals surface area contributed by atoms with E-state index in [0.29, 0.717) is 17.8 Å². The Morgan fingerprint density at radius 2 is 1.56 bits per heavy atom. The van der Waals surface area contributed by atoms with Crippen LogP contribution in [0.15, 0.2) is 29.2 Å². The van der Waals surface area contributed by atoms with Gasteiger partial charge in [-0.2, -0.15) is 8.42 Å². The van der Waals surface area contributed by atoms with Crippen molar-refractivity contribution in [1.82, 2.24) is 0 Å². The summed E-state index contributed by atoms with van der Waals surface area (Å²) in [5.74, 6) is 2.25. The van der Waals surface area contributed by atoms with Crippen molar-refractivity contribution >= 4 is 10.1 Å². The van der Waals surface area contributed by atoms with Gasteiger partial charge in [-0.1, -0.05) is 31.5 Å². The molecule has 34 heavy (non-hydrogen) atoms. The monoisotopic (exact) mass is 488 g/mol. The standard InChI is InChI=1S/C28H40O5S/c1-19-4-7-21(8-5-19)34(29,30)33-25-11-10-23-22-9-6-20-12-15-28(31-16-17-32-28)18-27(20,3)24(22)13-14-26(23,25)2/h4-5,7-8,20,22-25H,6,9-18H2,1-3H3/t20-,22-,23+,24-,25+,26+,27-/m0/s1. The van der Waals surface area contributed by atoms with Gasteiger partial charge in [0, 0.05) is 12.8 Å². The Kier molecular flexibility index (Phi) is 5.53. The van der Waals surface area contributed by atoms with E-state index in [4.69, 9.17) is 13.7 Å². The molecular weight excluding hydrogens is 448 g/mol. The lowest BCUT2D eigenvalue weighted by molar-refractivity contribution is -0.239. The third-order valence-electron chi connectivity index (χ3n) is 10.9. The fraction of sp³-hybridized carbons (Fsp3) is 0.786. The third-order valence-corrected chi connectivity index (χ3v) is 12.2. The molecule has 188 valence electrons. The third kappa shape index (κ3) is 3.54. The molecule has 4 saturated carbocycles. The highest BCUT2D eigenvalue weighted by molar-refractivity contribution is 7.86. The van der Waals surface area contributed by atoms with E-state index in [1.54, 1.807) is 12.1 Å². The Bertz CT molecular complexity index is 1030. The summed E-state index contributed by atoms with van der Waals surface area (Å²) in [5.41, 5.74) is 1.22. The van der Waals surface area contributed by atoms with Crippen LogP contribution in [0.2, 0.25) is 0 Å². The van der Waals surface area contributed by atoms with Crippen LogP contribution in [-0.2, 0) is 23.8 Å². The van der Waals surface area contributed by atoms with Crippen LogP contribution in [-0.4, -0.2) is 33.5 Å². The number of rotatable bonds is 3. The molecule has 5 fully saturated rings.